The lowest BCUT2D eigenvalue weighted by Gasteiger charge is -2.56. The molecule has 0 amide bonds. The van der Waals surface area contributed by atoms with Crippen LogP contribution in [0.4, 0.5) is 5.82 Å². The minimum absolute atomic E-state index is 0.0353. The molecule has 23 heavy (non-hydrogen) atoms. The van der Waals surface area contributed by atoms with Gasteiger partial charge in [0.05, 0.1) is 12.2 Å². The first-order chi connectivity index (χ1) is 10.9. The van der Waals surface area contributed by atoms with Crippen molar-refractivity contribution in [3.05, 3.63) is 18.1 Å². The van der Waals surface area contributed by atoms with E-state index < -0.39 is 0 Å². The van der Waals surface area contributed by atoms with E-state index in [1.807, 2.05) is 19.2 Å². The minimum Gasteiger partial charge on any atom is -0.392 e. The molecule has 3 rings (SSSR count). The Morgan fingerprint density at radius 2 is 2.04 bits per heavy atom. The van der Waals surface area contributed by atoms with E-state index in [1.165, 1.54) is 0 Å². The van der Waals surface area contributed by atoms with Crippen molar-refractivity contribution in [3.63, 3.8) is 0 Å². The van der Waals surface area contributed by atoms with Crippen LogP contribution in [0.25, 0.3) is 0 Å². The van der Waals surface area contributed by atoms with Crippen LogP contribution in [0.3, 0.4) is 0 Å². The summed E-state index contributed by atoms with van der Waals surface area (Å²) in [5.74, 6) is 1.88. The van der Waals surface area contributed by atoms with Gasteiger partial charge >= 0.3 is 0 Å². The molecule has 2 aliphatic rings. The van der Waals surface area contributed by atoms with Crippen LogP contribution in [-0.4, -0.2) is 47.0 Å². The average Bonchev–Trinajstić information content (AvgIpc) is 2.54. The van der Waals surface area contributed by atoms with Crippen LogP contribution in [0.1, 0.15) is 52.8 Å². The highest BCUT2D eigenvalue weighted by Crippen LogP contribution is 2.51. The summed E-state index contributed by atoms with van der Waals surface area (Å²) in [6, 6.07) is 1.99. The smallest absolute Gasteiger partial charge is 0.135 e. The van der Waals surface area contributed by atoms with E-state index in [4.69, 9.17) is 9.72 Å². The van der Waals surface area contributed by atoms with Gasteiger partial charge in [0, 0.05) is 43.1 Å². The Hall–Kier alpha value is -1.20. The van der Waals surface area contributed by atoms with E-state index in [0.29, 0.717) is 0 Å². The number of aromatic nitrogens is 2. The highest BCUT2D eigenvalue weighted by Gasteiger charge is 2.56. The number of anilines is 1. The summed E-state index contributed by atoms with van der Waals surface area (Å²) in [6.45, 7) is 11.0. The molecule has 2 heterocycles. The van der Waals surface area contributed by atoms with Crippen LogP contribution in [0, 0.1) is 5.41 Å². The topological polar surface area (TPSA) is 58.5 Å². The summed E-state index contributed by atoms with van der Waals surface area (Å²) >= 11 is 0. The predicted molar refractivity (Wildman–Crippen MR) is 90.6 cm³/mol. The molecule has 0 unspecified atom stereocenters. The van der Waals surface area contributed by atoms with E-state index in [1.54, 1.807) is 0 Å². The van der Waals surface area contributed by atoms with E-state index >= 15 is 0 Å². The monoisotopic (exact) mass is 319 g/mol. The molecule has 1 spiro atoms. The van der Waals surface area contributed by atoms with Gasteiger partial charge in [-0.3, -0.25) is 0 Å². The molecule has 2 fully saturated rings. The number of piperidine rings is 1. The van der Waals surface area contributed by atoms with Crippen molar-refractivity contribution in [2.75, 3.05) is 24.6 Å². The van der Waals surface area contributed by atoms with E-state index in [-0.39, 0.29) is 23.0 Å². The Labute approximate surface area is 139 Å². The van der Waals surface area contributed by atoms with Gasteiger partial charge in [-0.1, -0.05) is 20.8 Å². The molecular formula is C18H29N3O2. The number of aliphatic hydroxyl groups excluding tert-OH is 1. The molecule has 128 valence electrons. The molecule has 1 aromatic rings. The Morgan fingerprint density at radius 3 is 2.61 bits per heavy atom. The fourth-order valence-electron chi connectivity index (χ4n) is 3.86. The molecule has 0 radical (unpaired) electrons. The van der Waals surface area contributed by atoms with Gasteiger partial charge in [-0.15, -0.1) is 0 Å². The molecular weight excluding hydrogens is 290 g/mol. The Bertz CT molecular complexity index is 545. The van der Waals surface area contributed by atoms with Crippen LogP contribution in [0.5, 0.6) is 0 Å². The molecule has 0 bridgehead atoms. The zero-order valence-corrected chi connectivity index (χ0v) is 14.7. The second-order valence-corrected chi connectivity index (χ2v) is 7.90. The molecule has 1 saturated carbocycles. The highest BCUT2D eigenvalue weighted by atomic mass is 16.5. The summed E-state index contributed by atoms with van der Waals surface area (Å²) in [7, 11) is 0. The summed E-state index contributed by atoms with van der Waals surface area (Å²) in [6.07, 6.45) is 4.59. The Balaban J connectivity index is 1.70. The van der Waals surface area contributed by atoms with Gasteiger partial charge in [0.15, 0.2) is 0 Å². The maximum atomic E-state index is 10.3. The molecule has 5 heteroatoms. The number of rotatable bonds is 3. The molecule has 1 aliphatic carbocycles. The molecule has 0 aromatic carbocycles. The number of hydrogen-bond donors (Lipinski definition) is 1. The Kier molecular flexibility index (Phi) is 4.36. The van der Waals surface area contributed by atoms with Crippen molar-refractivity contribution in [1.82, 2.24) is 9.97 Å². The van der Waals surface area contributed by atoms with Gasteiger partial charge in [0.2, 0.25) is 0 Å². The lowest BCUT2D eigenvalue weighted by molar-refractivity contribution is -0.199. The van der Waals surface area contributed by atoms with Gasteiger partial charge in [-0.2, -0.15) is 0 Å². The van der Waals surface area contributed by atoms with Crippen LogP contribution >= 0.6 is 0 Å². The molecule has 5 nitrogen and oxygen atoms in total. The standard InChI is InChI=1S/C18H29N3O2/c1-5-23-14-12-13(22)18(14)7-10-21(11-8-18)15-6-9-19-16(20-15)17(2,3)4/h6,9,13-14,22H,5,7-8,10-12H2,1-4H3/t13-,14+/m0/s1. The predicted octanol–water partition coefficient (Wildman–Crippen LogP) is 2.53. The van der Waals surface area contributed by atoms with Gasteiger partial charge in [0.25, 0.3) is 0 Å². The number of hydrogen-bond acceptors (Lipinski definition) is 5. The van der Waals surface area contributed by atoms with Crippen molar-refractivity contribution in [3.8, 4) is 0 Å². The maximum absolute atomic E-state index is 10.3. The third kappa shape index (κ3) is 2.96. The summed E-state index contributed by atoms with van der Waals surface area (Å²) < 4.78 is 5.84. The number of aliphatic hydroxyl groups is 1. The third-order valence-electron chi connectivity index (χ3n) is 5.44. The maximum Gasteiger partial charge on any atom is 0.135 e. The molecule has 1 N–H and O–H groups in total. The van der Waals surface area contributed by atoms with Gasteiger partial charge in [0.1, 0.15) is 11.6 Å². The van der Waals surface area contributed by atoms with Crippen LogP contribution in [-0.2, 0) is 10.2 Å². The second kappa shape index (κ2) is 6.02. The van der Waals surface area contributed by atoms with Crippen LogP contribution < -0.4 is 4.90 Å². The quantitative estimate of drug-likeness (QED) is 0.928. The fraction of sp³-hybridized carbons (Fsp3) is 0.778. The second-order valence-electron chi connectivity index (χ2n) is 7.90. The molecule has 2 atom stereocenters. The summed E-state index contributed by atoms with van der Waals surface area (Å²) in [5.41, 5.74) is -0.0797. The third-order valence-corrected chi connectivity index (χ3v) is 5.44. The van der Waals surface area contributed by atoms with Gasteiger partial charge in [-0.05, 0) is 25.8 Å². The van der Waals surface area contributed by atoms with Crippen molar-refractivity contribution >= 4 is 5.82 Å². The molecule has 1 aliphatic heterocycles. The lowest BCUT2D eigenvalue weighted by atomic mass is 9.58. The SMILES string of the molecule is CCO[C@@H]1C[C@H](O)C12CCN(c1ccnc(C(C)(C)C)n1)CC2. The van der Waals surface area contributed by atoms with Crippen LogP contribution in [0.15, 0.2) is 12.3 Å². The summed E-state index contributed by atoms with van der Waals surface area (Å²) in [4.78, 5) is 11.5. The molecule has 1 aromatic heterocycles. The lowest BCUT2D eigenvalue weighted by Crippen LogP contribution is -2.62. The largest absolute Gasteiger partial charge is 0.392 e. The first-order valence-corrected chi connectivity index (χ1v) is 8.75. The zero-order valence-electron chi connectivity index (χ0n) is 14.7. The number of ether oxygens (including phenoxy) is 1. The summed E-state index contributed by atoms with van der Waals surface area (Å²) in [5, 5.41) is 10.3. The molecule has 1 saturated heterocycles. The zero-order chi connectivity index (χ0) is 16.7. The van der Waals surface area contributed by atoms with E-state index in [2.05, 4.69) is 30.7 Å². The van der Waals surface area contributed by atoms with Gasteiger partial charge < -0.3 is 14.7 Å². The van der Waals surface area contributed by atoms with Gasteiger partial charge in [-0.25, -0.2) is 9.97 Å². The van der Waals surface area contributed by atoms with Crippen molar-refractivity contribution in [1.29, 1.82) is 0 Å². The fourth-order valence-corrected chi connectivity index (χ4v) is 3.86. The van der Waals surface area contributed by atoms with Crippen molar-refractivity contribution in [2.45, 2.75) is 64.6 Å². The average molecular weight is 319 g/mol. The minimum atomic E-state index is -0.211. The number of nitrogens with zero attached hydrogens (tertiary/aromatic N) is 3. The van der Waals surface area contributed by atoms with E-state index in [0.717, 1.165) is 50.6 Å². The normalized spacial score (nSPS) is 27.1. The van der Waals surface area contributed by atoms with Crippen molar-refractivity contribution < 1.29 is 9.84 Å². The first-order valence-electron chi connectivity index (χ1n) is 8.75. The van der Waals surface area contributed by atoms with E-state index in [9.17, 15) is 5.11 Å². The Morgan fingerprint density at radius 1 is 1.35 bits per heavy atom. The first kappa shape index (κ1) is 16.7. The highest BCUT2D eigenvalue weighted by molar-refractivity contribution is 5.39. The van der Waals surface area contributed by atoms with Crippen molar-refractivity contribution in [2.24, 2.45) is 5.41 Å². The van der Waals surface area contributed by atoms with Crippen LogP contribution in [0.2, 0.25) is 0 Å².